The maximum atomic E-state index is 12.6. The number of benzene rings is 3. The SMILES string of the molecule is Cc1nc(-c2ccc(NC(=O)OCC(Oc3cccc4sc(C(=N)N)cc34)c3ccccc3)cc2)no1. The number of hydrogen-bond donors (Lipinski definition) is 3. The van der Waals surface area contributed by atoms with Crippen molar-refractivity contribution in [3.05, 3.63) is 95.2 Å². The molecule has 0 aliphatic heterocycles. The maximum Gasteiger partial charge on any atom is 0.411 e. The van der Waals surface area contributed by atoms with Gasteiger partial charge < -0.3 is 19.7 Å². The molecule has 0 radical (unpaired) electrons. The van der Waals surface area contributed by atoms with Gasteiger partial charge in [-0.15, -0.1) is 11.3 Å². The monoisotopic (exact) mass is 513 g/mol. The van der Waals surface area contributed by atoms with Crippen LogP contribution in [0.3, 0.4) is 0 Å². The molecule has 0 fully saturated rings. The van der Waals surface area contributed by atoms with Crippen LogP contribution in [0.25, 0.3) is 21.5 Å². The molecule has 1 unspecified atom stereocenters. The van der Waals surface area contributed by atoms with Gasteiger partial charge in [-0.3, -0.25) is 10.7 Å². The van der Waals surface area contributed by atoms with E-state index in [1.54, 1.807) is 31.2 Å². The summed E-state index contributed by atoms with van der Waals surface area (Å²) in [5.74, 6) is 1.58. The number of nitrogens with zero attached hydrogens (tertiary/aromatic N) is 2. The molecule has 9 nitrogen and oxygen atoms in total. The highest BCUT2D eigenvalue weighted by Crippen LogP contribution is 2.35. The smallest absolute Gasteiger partial charge is 0.411 e. The Balaban J connectivity index is 1.29. The second kappa shape index (κ2) is 10.5. The van der Waals surface area contributed by atoms with Crippen molar-refractivity contribution in [1.82, 2.24) is 10.1 Å². The van der Waals surface area contributed by atoms with Gasteiger partial charge in [0, 0.05) is 28.3 Å². The first-order chi connectivity index (χ1) is 18.0. The summed E-state index contributed by atoms with van der Waals surface area (Å²) in [7, 11) is 0. The zero-order chi connectivity index (χ0) is 25.8. The lowest BCUT2D eigenvalue weighted by Crippen LogP contribution is -2.21. The number of anilines is 1. The lowest BCUT2D eigenvalue weighted by molar-refractivity contribution is 0.0910. The van der Waals surface area contributed by atoms with Crippen LogP contribution in [0.2, 0.25) is 0 Å². The van der Waals surface area contributed by atoms with E-state index in [0.717, 1.165) is 21.2 Å². The molecule has 5 aromatic rings. The Morgan fingerprint density at radius 2 is 1.89 bits per heavy atom. The largest absolute Gasteiger partial charge is 0.481 e. The van der Waals surface area contributed by atoms with E-state index in [4.69, 9.17) is 25.1 Å². The molecule has 0 aliphatic rings. The number of nitrogens with one attached hydrogen (secondary N) is 2. The van der Waals surface area contributed by atoms with Crippen molar-refractivity contribution in [2.75, 3.05) is 11.9 Å². The molecule has 1 amide bonds. The Kier molecular flexibility index (Phi) is 6.82. The topological polar surface area (TPSA) is 136 Å². The number of nitrogens with two attached hydrogens (primary N) is 1. The fourth-order valence-electron chi connectivity index (χ4n) is 3.71. The summed E-state index contributed by atoms with van der Waals surface area (Å²) in [4.78, 5) is 17.4. The summed E-state index contributed by atoms with van der Waals surface area (Å²) >= 11 is 1.42. The minimum atomic E-state index is -0.611. The fraction of sp³-hybridized carbons (Fsp3) is 0.111. The van der Waals surface area contributed by atoms with Crippen molar-refractivity contribution in [2.24, 2.45) is 5.73 Å². The summed E-state index contributed by atoms with van der Waals surface area (Å²) in [6.45, 7) is 1.70. The van der Waals surface area contributed by atoms with Crippen molar-refractivity contribution in [2.45, 2.75) is 13.0 Å². The van der Waals surface area contributed by atoms with Crippen LogP contribution in [-0.4, -0.2) is 28.7 Å². The molecule has 2 aromatic heterocycles. The summed E-state index contributed by atoms with van der Waals surface area (Å²) in [6.07, 6.45) is -1.16. The first kappa shape index (κ1) is 24.0. The average molecular weight is 514 g/mol. The quantitative estimate of drug-likeness (QED) is 0.173. The Hall–Kier alpha value is -4.70. The number of ether oxygens (including phenoxy) is 2. The van der Waals surface area contributed by atoms with Crippen LogP contribution in [0.1, 0.15) is 22.4 Å². The van der Waals surface area contributed by atoms with Gasteiger partial charge >= 0.3 is 6.09 Å². The molecule has 5 rings (SSSR count). The highest BCUT2D eigenvalue weighted by Gasteiger charge is 2.19. The molecule has 2 heterocycles. The van der Waals surface area contributed by atoms with Crippen molar-refractivity contribution in [3.63, 3.8) is 0 Å². The van der Waals surface area contributed by atoms with Crippen molar-refractivity contribution >= 4 is 39.0 Å². The number of nitrogen functional groups attached to an aromatic ring is 1. The van der Waals surface area contributed by atoms with E-state index in [-0.39, 0.29) is 12.4 Å². The Morgan fingerprint density at radius 3 is 2.59 bits per heavy atom. The van der Waals surface area contributed by atoms with E-state index >= 15 is 0 Å². The van der Waals surface area contributed by atoms with Gasteiger partial charge in [0.25, 0.3) is 0 Å². The van der Waals surface area contributed by atoms with E-state index < -0.39 is 12.2 Å². The van der Waals surface area contributed by atoms with Gasteiger partial charge in [0.05, 0.1) is 4.88 Å². The minimum absolute atomic E-state index is 0.00667. The number of thiophene rings is 1. The molecule has 0 aliphatic carbocycles. The van der Waals surface area contributed by atoms with Crippen LogP contribution in [0, 0.1) is 12.3 Å². The van der Waals surface area contributed by atoms with E-state index in [2.05, 4.69) is 15.5 Å². The average Bonchev–Trinajstić information content (AvgIpc) is 3.54. The third-order valence-electron chi connectivity index (χ3n) is 5.51. The Bertz CT molecular complexity index is 1550. The summed E-state index contributed by atoms with van der Waals surface area (Å²) in [5, 5.41) is 15.2. The van der Waals surface area contributed by atoms with Gasteiger partial charge in [-0.05, 0) is 48.0 Å². The number of aromatic nitrogens is 2. The van der Waals surface area contributed by atoms with Gasteiger partial charge in [0.2, 0.25) is 11.7 Å². The molecule has 0 bridgehead atoms. The minimum Gasteiger partial charge on any atom is -0.481 e. The second-order valence-electron chi connectivity index (χ2n) is 8.15. The molecular weight excluding hydrogens is 490 g/mol. The molecule has 4 N–H and O–H groups in total. The molecule has 3 aromatic carbocycles. The summed E-state index contributed by atoms with van der Waals surface area (Å²) < 4.78 is 17.8. The molecule has 1 atom stereocenters. The molecule has 37 heavy (non-hydrogen) atoms. The van der Waals surface area contributed by atoms with E-state index in [1.165, 1.54) is 11.3 Å². The third-order valence-corrected chi connectivity index (χ3v) is 6.64. The number of hydrogen-bond acceptors (Lipinski definition) is 8. The van der Waals surface area contributed by atoms with E-state index in [9.17, 15) is 4.79 Å². The number of aryl methyl sites for hydroxylation is 1. The zero-order valence-corrected chi connectivity index (χ0v) is 20.6. The molecule has 186 valence electrons. The number of rotatable bonds is 8. The highest BCUT2D eigenvalue weighted by atomic mass is 32.1. The highest BCUT2D eigenvalue weighted by molar-refractivity contribution is 7.20. The van der Waals surface area contributed by atoms with Crippen LogP contribution in [0.4, 0.5) is 10.5 Å². The Labute approximate surface area is 216 Å². The zero-order valence-electron chi connectivity index (χ0n) is 19.8. The van der Waals surface area contributed by atoms with Gasteiger partial charge in [-0.1, -0.05) is 41.6 Å². The van der Waals surface area contributed by atoms with Crippen LogP contribution >= 0.6 is 11.3 Å². The molecule has 0 saturated heterocycles. The first-order valence-electron chi connectivity index (χ1n) is 11.4. The molecular formula is C27H23N5O4S. The van der Waals surface area contributed by atoms with Crippen molar-refractivity contribution in [3.8, 4) is 17.1 Å². The van der Waals surface area contributed by atoms with Crippen LogP contribution in [0.5, 0.6) is 5.75 Å². The third kappa shape index (κ3) is 5.60. The van der Waals surface area contributed by atoms with Gasteiger partial charge in [-0.2, -0.15) is 4.98 Å². The number of carbonyl (C=O) groups excluding carboxylic acids is 1. The molecule has 10 heteroatoms. The normalized spacial score (nSPS) is 11.7. The van der Waals surface area contributed by atoms with Crippen molar-refractivity contribution in [1.29, 1.82) is 5.41 Å². The van der Waals surface area contributed by atoms with E-state index in [0.29, 0.717) is 28.0 Å². The molecule has 0 saturated carbocycles. The number of carbonyl (C=O) groups is 1. The summed E-state index contributed by atoms with van der Waals surface area (Å²) in [6, 6.07) is 24.1. The number of fused-ring (bicyclic) bond motifs is 1. The predicted molar refractivity (Wildman–Crippen MR) is 142 cm³/mol. The van der Waals surface area contributed by atoms with Crippen molar-refractivity contribution < 1.29 is 18.8 Å². The number of amides is 1. The predicted octanol–water partition coefficient (Wildman–Crippen LogP) is 5.91. The van der Waals surface area contributed by atoms with E-state index in [1.807, 2.05) is 54.6 Å². The van der Waals surface area contributed by atoms with Crippen LogP contribution in [0.15, 0.2) is 83.4 Å². The molecule has 0 spiro atoms. The van der Waals surface area contributed by atoms with Gasteiger partial charge in [-0.25, -0.2) is 4.79 Å². The van der Waals surface area contributed by atoms with Crippen LogP contribution < -0.4 is 15.8 Å². The Morgan fingerprint density at radius 1 is 1.11 bits per heavy atom. The maximum absolute atomic E-state index is 12.6. The number of amidine groups is 1. The summed E-state index contributed by atoms with van der Waals surface area (Å²) in [5.41, 5.74) is 7.87. The lowest BCUT2D eigenvalue weighted by atomic mass is 10.1. The van der Waals surface area contributed by atoms with Gasteiger partial charge in [0.15, 0.2) is 6.10 Å². The fourth-order valence-corrected chi connectivity index (χ4v) is 4.65. The standard InChI is InChI=1S/C27H23N5O4S/c1-16-30-26(32-36-16)18-10-12-19(13-11-18)31-27(33)34-15-22(17-6-3-2-4-7-17)35-21-8-5-9-23-20(21)14-24(37-23)25(28)29/h2-14,22H,15H2,1H3,(H3,28,29)(H,31,33). The second-order valence-corrected chi connectivity index (χ2v) is 9.23. The van der Waals surface area contributed by atoms with Gasteiger partial charge in [0.1, 0.15) is 18.2 Å². The van der Waals surface area contributed by atoms with Crippen LogP contribution in [-0.2, 0) is 4.74 Å². The first-order valence-corrected chi connectivity index (χ1v) is 12.2. The lowest BCUT2D eigenvalue weighted by Gasteiger charge is -2.20.